The Hall–Kier alpha value is -4.21. The molecule has 0 aliphatic rings. The zero-order valence-corrected chi connectivity index (χ0v) is 19.0. The number of nitrogens with zero attached hydrogens (tertiary/aromatic N) is 4. The van der Waals surface area contributed by atoms with E-state index in [0.717, 1.165) is 6.07 Å². The van der Waals surface area contributed by atoms with Gasteiger partial charge in [0.15, 0.2) is 11.3 Å². The van der Waals surface area contributed by atoms with Crippen molar-refractivity contribution in [3.05, 3.63) is 75.2 Å². The fraction of sp³-hybridized carbons (Fsp3) is 0.250. The van der Waals surface area contributed by atoms with E-state index in [1.807, 2.05) is 0 Å². The molecule has 2 amide bonds. The van der Waals surface area contributed by atoms with Crippen LogP contribution in [0.15, 0.2) is 41.5 Å². The number of halogens is 1. The molecule has 0 aliphatic carbocycles. The minimum absolute atomic E-state index is 0.0554. The molecule has 3 N–H and O–H groups in total. The number of rotatable bonds is 5. The highest BCUT2D eigenvalue weighted by Crippen LogP contribution is 2.30. The number of primary amides is 1. The minimum atomic E-state index is -2.90. The van der Waals surface area contributed by atoms with Crippen LogP contribution in [0.1, 0.15) is 49.1 Å². The molecule has 0 fully saturated rings. The number of aromatic nitrogens is 3. The average Bonchev–Trinajstić information content (AvgIpc) is 3.22. The van der Waals surface area contributed by atoms with E-state index < -0.39 is 36.2 Å². The van der Waals surface area contributed by atoms with Gasteiger partial charge in [-0.2, -0.15) is 0 Å². The smallest absolute Gasteiger partial charge is 0.275 e. The highest BCUT2D eigenvalue weighted by atomic mass is 19.1. The molecular formula is C24H25FN6O3. The molecule has 176 valence electrons. The Morgan fingerprint density at radius 1 is 1.26 bits per heavy atom. The predicted octanol–water partition coefficient (Wildman–Crippen LogP) is 2.61. The van der Waals surface area contributed by atoms with Crippen LogP contribution in [0.25, 0.3) is 16.6 Å². The van der Waals surface area contributed by atoms with Crippen molar-refractivity contribution in [1.29, 1.82) is 0 Å². The molecule has 0 saturated heterocycles. The number of nitrogens with one attached hydrogen (secondary N) is 1. The Morgan fingerprint density at radius 3 is 2.65 bits per heavy atom. The maximum Gasteiger partial charge on any atom is 0.275 e. The number of carbonyl (C=O) groups is 2. The lowest BCUT2D eigenvalue weighted by atomic mass is 10.00. The molecule has 34 heavy (non-hydrogen) atoms. The summed E-state index contributed by atoms with van der Waals surface area (Å²) in [5, 5.41) is 3.23. The van der Waals surface area contributed by atoms with Crippen molar-refractivity contribution in [1.82, 2.24) is 18.9 Å². The predicted molar refractivity (Wildman–Crippen MR) is 128 cm³/mol. The number of anilines is 1. The van der Waals surface area contributed by atoms with Crippen molar-refractivity contribution in [3.63, 3.8) is 0 Å². The van der Waals surface area contributed by atoms with E-state index >= 15 is 0 Å². The van der Waals surface area contributed by atoms with Crippen LogP contribution >= 0.6 is 0 Å². The van der Waals surface area contributed by atoms with E-state index in [2.05, 4.69) is 10.3 Å². The van der Waals surface area contributed by atoms with Crippen molar-refractivity contribution in [2.24, 2.45) is 12.7 Å². The standard InChI is InChI=1S/C24H25FN6O3/c1-12-8-15(13(2)28-18-7-6-14(25)10-16(18)21(26)32)20-17(9-12)23(33)30(5)22-19(24(34)29(3)4)27-11-31(20)22/h6-11,13,28H,1-5H3,(H2,26,32)/i5D3. The monoisotopic (exact) mass is 467 g/mol. The molecule has 4 aromatic rings. The maximum atomic E-state index is 13.7. The Balaban J connectivity index is 2.06. The maximum absolute atomic E-state index is 13.7. The van der Waals surface area contributed by atoms with Gasteiger partial charge < -0.3 is 16.0 Å². The molecule has 10 heteroatoms. The van der Waals surface area contributed by atoms with Gasteiger partial charge in [0, 0.05) is 30.9 Å². The number of hydrogen-bond donors (Lipinski definition) is 2. The van der Waals surface area contributed by atoms with Crippen molar-refractivity contribution in [3.8, 4) is 0 Å². The second kappa shape index (κ2) is 8.29. The molecule has 1 unspecified atom stereocenters. The van der Waals surface area contributed by atoms with Gasteiger partial charge in [0.25, 0.3) is 17.4 Å². The van der Waals surface area contributed by atoms with Crippen LogP contribution in [0, 0.1) is 12.7 Å². The van der Waals surface area contributed by atoms with E-state index in [0.29, 0.717) is 21.2 Å². The molecule has 1 atom stereocenters. The highest BCUT2D eigenvalue weighted by molar-refractivity contribution is 6.00. The lowest BCUT2D eigenvalue weighted by Crippen LogP contribution is -2.26. The van der Waals surface area contributed by atoms with Crippen LogP contribution in [0.4, 0.5) is 10.1 Å². The molecule has 0 radical (unpaired) electrons. The average molecular weight is 468 g/mol. The quantitative estimate of drug-likeness (QED) is 0.468. The molecule has 0 bridgehead atoms. The van der Waals surface area contributed by atoms with Gasteiger partial charge in [-0.3, -0.25) is 23.4 Å². The van der Waals surface area contributed by atoms with Gasteiger partial charge in [-0.05, 0) is 49.2 Å². The minimum Gasteiger partial charge on any atom is -0.378 e. The molecular weight excluding hydrogens is 439 g/mol. The molecule has 2 aromatic carbocycles. The Kier molecular flexibility index (Phi) is 4.70. The summed E-state index contributed by atoms with van der Waals surface area (Å²) in [5.74, 6) is -2.03. The fourth-order valence-electron chi connectivity index (χ4n) is 4.02. The summed E-state index contributed by atoms with van der Waals surface area (Å²) in [7, 11) is 2.98. The van der Waals surface area contributed by atoms with E-state index in [-0.39, 0.29) is 28.0 Å². The number of aryl methyl sites for hydroxylation is 2. The third-order valence-electron chi connectivity index (χ3n) is 5.61. The number of benzene rings is 2. The van der Waals surface area contributed by atoms with Crippen LogP contribution in [0.2, 0.25) is 0 Å². The first-order chi connectivity index (χ1) is 17.2. The molecule has 0 aliphatic heterocycles. The van der Waals surface area contributed by atoms with E-state index in [1.54, 1.807) is 26.0 Å². The van der Waals surface area contributed by atoms with Crippen molar-refractivity contribution in [2.45, 2.75) is 19.9 Å². The third-order valence-corrected chi connectivity index (χ3v) is 5.61. The Labute approximate surface area is 198 Å². The largest absolute Gasteiger partial charge is 0.378 e. The van der Waals surface area contributed by atoms with Crippen LogP contribution < -0.4 is 16.6 Å². The van der Waals surface area contributed by atoms with Gasteiger partial charge in [-0.15, -0.1) is 0 Å². The summed E-state index contributed by atoms with van der Waals surface area (Å²) in [6.07, 6.45) is 1.30. The van der Waals surface area contributed by atoms with Crippen molar-refractivity contribution >= 4 is 34.1 Å². The van der Waals surface area contributed by atoms with Gasteiger partial charge in [0.2, 0.25) is 0 Å². The van der Waals surface area contributed by atoms with Crippen molar-refractivity contribution < 1.29 is 18.1 Å². The summed E-state index contributed by atoms with van der Waals surface area (Å²) >= 11 is 0. The van der Waals surface area contributed by atoms with Crippen LogP contribution in [0.3, 0.4) is 0 Å². The summed E-state index contributed by atoms with van der Waals surface area (Å²) in [6.45, 7) is 0.610. The normalized spacial score (nSPS) is 13.9. The van der Waals surface area contributed by atoms with E-state index in [9.17, 15) is 18.8 Å². The first-order valence-corrected chi connectivity index (χ1v) is 10.4. The summed E-state index contributed by atoms with van der Waals surface area (Å²) in [6, 6.07) is 6.36. The van der Waals surface area contributed by atoms with Crippen LogP contribution in [-0.4, -0.2) is 44.8 Å². The molecule has 0 saturated carbocycles. The fourth-order valence-corrected chi connectivity index (χ4v) is 4.02. The number of hydrogen-bond acceptors (Lipinski definition) is 5. The molecule has 2 aromatic heterocycles. The zero-order chi connectivity index (χ0) is 27.4. The summed E-state index contributed by atoms with van der Waals surface area (Å²) in [5.41, 5.74) is 6.02. The number of amides is 2. The van der Waals surface area contributed by atoms with E-state index in [4.69, 9.17) is 9.85 Å². The molecule has 2 heterocycles. The SMILES string of the molecule is [2H]C([2H])([2H])n1c(=O)c2cc(C)cc(C(C)Nc3ccc(F)cc3C(N)=O)c2n2cnc(C(=O)N(C)C)c12. The number of nitrogens with two attached hydrogens (primary N) is 1. The molecule has 9 nitrogen and oxygen atoms in total. The number of fused-ring (bicyclic) bond motifs is 3. The van der Waals surface area contributed by atoms with Gasteiger partial charge in [0.1, 0.15) is 12.1 Å². The summed E-state index contributed by atoms with van der Waals surface area (Å²) in [4.78, 5) is 43.8. The van der Waals surface area contributed by atoms with Gasteiger partial charge in [-0.1, -0.05) is 6.07 Å². The lowest BCUT2D eigenvalue weighted by molar-refractivity contribution is 0.0823. The summed E-state index contributed by atoms with van der Waals surface area (Å²) < 4.78 is 39.8. The Bertz CT molecular complexity index is 1640. The van der Waals surface area contributed by atoms with Gasteiger partial charge in [0.05, 0.1) is 22.5 Å². The van der Waals surface area contributed by atoms with Crippen molar-refractivity contribution in [2.75, 3.05) is 19.4 Å². The topological polar surface area (TPSA) is 115 Å². The van der Waals surface area contributed by atoms with Crippen LogP contribution in [0.5, 0.6) is 0 Å². The highest BCUT2D eigenvalue weighted by Gasteiger charge is 2.23. The lowest BCUT2D eigenvalue weighted by Gasteiger charge is -2.21. The van der Waals surface area contributed by atoms with Crippen LogP contribution in [-0.2, 0) is 6.98 Å². The third kappa shape index (κ3) is 3.66. The molecule has 0 spiro atoms. The van der Waals surface area contributed by atoms with Gasteiger partial charge in [-0.25, -0.2) is 9.37 Å². The molecule has 4 rings (SSSR count). The Morgan fingerprint density at radius 2 is 2.00 bits per heavy atom. The second-order valence-electron chi connectivity index (χ2n) is 8.30. The number of imidazole rings is 1. The zero-order valence-electron chi connectivity index (χ0n) is 22.0. The van der Waals surface area contributed by atoms with Gasteiger partial charge >= 0.3 is 0 Å². The second-order valence-corrected chi connectivity index (χ2v) is 8.30. The number of carbonyl (C=O) groups excluding carboxylic acids is 2. The first-order valence-electron chi connectivity index (χ1n) is 11.9. The van der Waals surface area contributed by atoms with E-state index in [1.165, 1.54) is 41.9 Å². The first kappa shape index (κ1) is 19.3.